The van der Waals surface area contributed by atoms with E-state index in [1.54, 1.807) is 16.8 Å². The Morgan fingerprint density at radius 1 is 1.45 bits per heavy atom. The van der Waals surface area contributed by atoms with Crippen molar-refractivity contribution in [2.45, 2.75) is 18.9 Å². The van der Waals surface area contributed by atoms with Crippen molar-refractivity contribution < 1.29 is 9.13 Å². The molecule has 4 rings (SSSR count). The number of H-pyrrole nitrogens is 1. The van der Waals surface area contributed by atoms with E-state index in [-0.39, 0.29) is 17.5 Å². The molecule has 0 amide bonds. The number of halogens is 2. The first kappa shape index (κ1) is 13.9. The lowest BCUT2D eigenvalue weighted by atomic mass is 10.1. The van der Waals surface area contributed by atoms with E-state index >= 15 is 0 Å². The molecular formula is C15H13BrFN3O2. The van der Waals surface area contributed by atoms with Crippen molar-refractivity contribution in [1.82, 2.24) is 14.5 Å². The molecule has 1 atom stereocenters. The van der Waals surface area contributed by atoms with Crippen LogP contribution in [-0.4, -0.2) is 27.7 Å². The first-order valence-corrected chi connectivity index (χ1v) is 7.90. The first-order valence-electron chi connectivity index (χ1n) is 7.11. The highest BCUT2D eigenvalue weighted by atomic mass is 79.9. The Bertz CT molecular complexity index is 928. The molecule has 1 aliphatic heterocycles. The maximum Gasteiger partial charge on any atom is 0.326 e. The highest BCUT2D eigenvalue weighted by molar-refractivity contribution is 9.10. The summed E-state index contributed by atoms with van der Waals surface area (Å²) in [4.78, 5) is 19.4. The van der Waals surface area contributed by atoms with Crippen LogP contribution in [0.2, 0.25) is 0 Å². The molecule has 22 heavy (non-hydrogen) atoms. The summed E-state index contributed by atoms with van der Waals surface area (Å²) >= 11 is 3.20. The maximum absolute atomic E-state index is 13.7. The van der Waals surface area contributed by atoms with Crippen LogP contribution in [0.5, 0.6) is 0 Å². The van der Waals surface area contributed by atoms with Gasteiger partial charge in [-0.25, -0.2) is 9.18 Å². The molecule has 3 heterocycles. The van der Waals surface area contributed by atoms with Crippen molar-refractivity contribution in [3.8, 4) is 0 Å². The molecule has 0 spiro atoms. The second-order valence-corrected chi connectivity index (χ2v) is 6.33. The van der Waals surface area contributed by atoms with Crippen LogP contribution in [0, 0.1) is 5.82 Å². The number of aromatic nitrogens is 3. The molecule has 1 saturated heterocycles. The molecule has 0 unspecified atom stereocenters. The number of hydrogen-bond acceptors (Lipinski definition) is 3. The number of imidazole rings is 1. The molecule has 2 aromatic heterocycles. The van der Waals surface area contributed by atoms with Gasteiger partial charge in [-0.05, 0) is 34.8 Å². The third-order valence-corrected chi connectivity index (χ3v) is 4.69. The molecule has 3 aromatic rings. The summed E-state index contributed by atoms with van der Waals surface area (Å²) in [5.74, 6) is -0.371. The molecule has 7 heteroatoms. The predicted octanol–water partition coefficient (Wildman–Crippen LogP) is 3.13. The van der Waals surface area contributed by atoms with Crippen LogP contribution in [0.25, 0.3) is 21.9 Å². The van der Waals surface area contributed by atoms with Gasteiger partial charge in [0.25, 0.3) is 0 Å². The molecular weight excluding hydrogens is 353 g/mol. The highest BCUT2D eigenvalue weighted by Crippen LogP contribution is 2.30. The summed E-state index contributed by atoms with van der Waals surface area (Å²) in [5, 5.41) is 0.745. The molecule has 1 aromatic carbocycles. The van der Waals surface area contributed by atoms with Crippen LogP contribution in [0.4, 0.5) is 4.39 Å². The van der Waals surface area contributed by atoms with Gasteiger partial charge in [0.05, 0.1) is 39.9 Å². The van der Waals surface area contributed by atoms with E-state index in [4.69, 9.17) is 4.74 Å². The normalized spacial score (nSPS) is 19.1. The zero-order valence-corrected chi connectivity index (χ0v) is 13.2. The van der Waals surface area contributed by atoms with E-state index in [1.165, 1.54) is 6.07 Å². The number of rotatable bonds is 1. The topological polar surface area (TPSA) is 59.9 Å². The number of benzene rings is 1. The number of pyridine rings is 1. The fraction of sp³-hybridized carbons (Fsp3) is 0.333. The van der Waals surface area contributed by atoms with Gasteiger partial charge in [-0.1, -0.05) is 0 Å². The van der Waals surface area contributed by atoms with Crippen molar-refractivity contribution in [1.29, 1.82) is 0 Å². The monoisotopic (exact) mass is 365 g/mol. The van der Waals surface area contributed by atoms with E-state index in [1.807, 2.05) is 0 Å². The summed E-state index contributed by atoms with van der Waals surface area (Å²) in [6.45, 7) is 1.24. The van der Waals surface area contributed by atoms with Gasteiger partial charge in [0.2, 0.25) is 0 Å². The summed E-state index contributed by atoms with van der Waals surface area (Å²) in [6, 6.07) is 3.04. The molecule has 0 aliphatic carbocycles. The van der Waals surface area contributed by atoms with Crippen molar-refractivity contribution in [3.63, 3.8) is 0 Å². The summed E-state index contributed by atoms with van der Waals surface area (Å²) in [5.41, 5.74) is 1.76. The van der Waals surface area contributed by atoms with E-state index in [2.05, 4.69) is 25.9 Å². The standard InChI is InChI=1S/C15H13BrFN3O2/c16-10-4-9-12(5-11(10)17)18-6-13-14(9)20(15(21)19-13)8-2-1-3-22-7-8/h4-6,8H,1-3,7H2,(H,19,21)/t8-/m1/s1. The average Bonchev–Trinajstić information content (AvgIpc) is 2.86. The number of hydrogen-bond donors (Lipinski definition) is 1. The fourth-order valence-electron chi connectivity index (χ4n) is 3.08. The minimum atomic E-state index is -0.371. The van der Waals surface area contributed by atoms with Gasteiger partial charge >= 0.3 is 5.69 Å². The van der Waals surface area contributed by atoms with Gasteiger partial charge < -0.3 is 9.72 Å². The zero-order valence-electron chi connectivity index (χ0n) is 11.6. The Morgan fingerprint density at radius 2 is 2.32 bits per heavy atom. The molecule has 0 radical (unpaired) electrons. The lowest BCUT2D eigenvalue weighted by Gasteiger charge is -2.23. The van der Waals surface area contributed by atoms with Crippen LogP contribution in [-0.2, 0) is 4.74 Å². The number of nitrogens with one attached hydrogen (secondary N) is 1. The minimum Gasteiger partial charge on any atom is -0.379 e. The molecule has 5 nitrogen and oxygen atoms in total. The van der Waals surface area contributed by atoms with Gasteiger partial charge in [-0.3, -0.25) is 9.55 Å². The second kappa shape index (κ2) is 5.17. The zero-order chi connectivity index (χ0) is 15.3. The van der Waals surface area contributed by atoms with Crippen LogP contribution < -0.4 is 5.69 Å². The number of aromatic amines is 1. The molecule has 114 valence electrons. The molecule has 1 N–H and O–H groups in total. The number of nitrogens with zero attached hydrogens (tertiary/aromatic N) is 2. The van der Waals surface area contributed by atoms with E-state index in [0.717, 1.165) is 30.4 Å². The van der Waals surface area contributed by atoms with Crippen molar-refractivity contribution in [2.75, 3.05) is 13.2 Å². The Hall–Kier alpha value is -1.73. The van der Waals surface area contributed by atoms with Gasteiger partial charge in [-0.2, -0.15) is 0 Å². The third kappa shape index (κ3) is 2.07. The number of fused-ring (bicyclic) bond motifs is 3. The van der Waals surface area contributed by atoms with Crippen LogP contribution in [0.15, 0.2) is 27.6 Å². The van der Waals surface area contributed by atoms with Gasteiger partial charge in [0.1, 0.15) is 5.82 Å². The van der Waals surface area contributed by atoms with Gasteiger partial charge in [0.15, 0.2) is 0 Å². The maximum atomic E-state index is 13.7. The first-order chi connectivity index (χ1) is 10.6. The van der Waals surface area contributed by atoms with Crippen LogP contribution >= 0.6 is 15.9 Å². The lowest BCUT2D eigenvalue weighted by Crippen LogP contribution is -2.28. The quantitative estimate of drug-likeness (QED) is 0.720. The fourth-order valence-corrected chi connectivity index (χ4v) is 3.42. The van der Waals surface area contributed by atoms with Crippen LogP contribution in [0.1, 0.15) is 18.9 Å². The minimum absolute atomic E-state index is 0.00979. The average molecular weight is 366 g/mol. The molecule has 1 aliphatic rings. The highest BCUT2D eigenvalue weighted by Gasteiger charge is 2.22. The van der Waals surface area contributed by atoms with E-state index in [9.17, 15) is 9.18 Å². The van der Waals surface area contributed by atoms with Crippen molar-refractivity contribution in [2.24, 2.45) is 0 Å². The SMILES string of the molecule is O=c1[nH]c2cnc3cc(F)c(Br)cc3c2n1[C@@H]1CCCOC1. The summed E-state index contributed by atoms with van der Waals surface area (Å²) < 4.78 is 21.3. The third-order valence-electron chi connectivity index (χ3n) is 4.08. The molecule has 1 fully saturated rings. The van der Waals surface area contributed by atoms with Crippen molar-refractivity contribution in [3.05, 3.63) is 39.1 Å². The summed E-state index contributed by atoms with van der Waals surface area (Å²) in [6.07, 6.45) is 3.39. The Morgan fingerprint density at radius 3 is 3.09 bits per heavy atom. The van der Waals surface area contributed by atoms with Crippen molar-refractivity contribution >= 4 is 37.9 Å². The van der Waals surface area contributed by atoms with E-state index < -0.39 is 0 Å². The van der Waals surface area contributed by atoms with Crippen LogP contribution in [0.3, 0.4) is 0 Å². The Labute approximate surface area is 133 Å². The van der Waals surface area contributed by atoms with E-state index in [0.29, 0.717) is 22.1 Å². The lowest BCUT2D eigenvalue weighted by molar-refractivity contribution is 0.0595. The molecule has 0 saturated carbocycles. The summed E-state index contributed by atoms with van der Waals surface area (Å²) in [7, 11) is 0. The smallest absolute Gasteiger partial charge is 0.326 e. The van der Waals surface area contributed by atoms with Gasteiger partial charge in [0, 0.05) is 18.1 Å². The van der Waals surface area contributed by atoms with Gasteiger partial charge in [-0.15, -0.1) is 0 Å². The largest absolute Gasteiger partial charge is 0.379 e. The Balaban J connectivity index is 2.06. The predicted molar refractivity (Wildman–Crippen MR) is 84.6 cm³/mol. The molecule has 0 bridgehead atoms. The Kier molecular flexibility index (Phi) is 3.27. The second-order valence-electron chi connectivity index (χ2n) is 5.48. The number of ether oxygens (including phenoxy) is 1.